The number of nitrogens with one attached hydrogen (secondary N) is 1. The van der Waals surface area contributed by atoms with Gasteiger partial charge in [0.05, 0.1) is 24.4 Å². The topological polar surface area (TPSA) is 76.6 Å². The molecule has 2 aliphatic heterocycles. The first-order valence-corrected chi connectivity index (χ1v) is 10.0. The van der Waals surface area contributed by atoms with E-state index in [0.717, 1.165) is 41.8 Å². The average molecular weight is 402 g/mol. The monoisotopic (exact) mass is 402 g/mol. The zero-order chi connectivity index (χ0) is 20.5. The molecule has 1 amide bonds. The first-order valence-electron chi connectivity index (χ1n) is 10.0. The molecule has 2 aliphatic rings. The van der Waals surface area contributed by atoms with Crippen molar-refractivity contribution in [3.8, 4) is 5.75 Å². The number of nitrogens with zero attached hydrogens (tertiary/aromatic N) is 3. The molecule has 0 aliphatic carbocycles. The second-order valence-electron chi connectivity index (χ2n) is 7.39. The van der Waals surface area contributed by atoms with Gasteiger partial charge >= 0.3 is 0 Å². The molecule has 0 unspecified atom stereocenters. The zero-order valence-corrected chi connectivity index (χ0v) is 16.5. The molecular weight excluding hydrogens is 380 g/mol. The molecule has 30 heavy (non-hydrogen) atoms. The van der Waals surface area contributed by atoms with Crippen LogP contribution >= 0.6 is 0 Å². The van der Waals surface area contributed by atoms with Crippen molar-refractivity contribution in [3.05, 3.63) is 60.9 Å². The number of benzene rings is 2. The van der Waals surface area contributed by atoms with Crippen molar-refractivity contribution in [1.29, 1.82) is 0 Å². The summed E-state index contributed by atoms with van der Waals surface area (Å²) in [5.74, 6) is 1.08. The summed E-state index contributed by atoms with van der Waals surface area (Å²) in [5.41, 5.74) is 3.78. The minimum Gasteiger partial charge on any atom is -0.486 e. The number of amides is 1. The summed E-state index contributed by atoms with van der Waals surface area (Å²) in [6.45, 7) is 5.60. The van der Waals surface area contributed by atoms with Gasteiger partial charge in [0.1, 0.15) is 24.0 Å². The number of para-hydroxylation sites is 1. The SMILES string of the molecule is C=CC(=O)Nc1cc2c(N3CCc4ccccc43)ncnc2cc1O[C@@H]1CCOC1. The Morgan fingerprint density at radius 2 is 2.20 bits per heavy atom. The number of hydrogen-bond donors (Lipinski definition) is 1. The van der Waals surface area contributed by atoms with Gasteiger partial charge < -0.3 is 19.7 Å². The van der Waals surface area contributed by atoms with Crippen molar-refractivity contribution in [1.82, 2.24) is 9.97 Å². The minimum absolute atomic E-state index is 0.0476. The van der Waals surface area contributed by atoms with Crippen molar-refractivity contribution in [3.63, 3.8) is 0 Å². The smallest absolute Gasteiger partial charge is 0.247 e. The second-order valence-corrected chi connectivity index (χ2v) is 7.39. The zero-order valence-electron chi connectivity index (χ0n) is 16.5. The molecule has 0 bridgehead atoms. The molecule has 2 aromatic carbocycles. The van der Waals surface area contributed by atoms with Gasteiger partial charge in [0, 0.05) is 30.1 Å². The first kappa shape index (κ1) is 18.6. The number of hydrogen-bond acceptors (Lipinski definition) is 6. The number of carbonyl (C=O) groups is 1. The van der Waals surface area contributed by atoms with Crippen LogP contribution in [0.3, 0.4) is 0 Å². The summed E-state index contributed by atoms with van der Waals surface area (Å²) in [7, 11) is 0. The Bertz CT molecular complexity index is 1120. The second kappa shape index (κ2) is 7.76. The largest absolute Gasteiger partial charge is 0.486 e. The molecule has 7 nitrogen and oxygen atoms in total. The molecule has 1 N–H and O–H groups in total. The van der Waals surface area contributed by atoms with Crippen LogP contribution in [0.25, 0.3) is 10.9 Å². The molecule has 1 saturated heterocycles. The van der Waals surface area contributed by atoms with Gasteiger partial charge in [0.2, 0.25) is 5.91 Å². The molecular formula is C23H22N4O3. The lowest BCUT2D eigenvalue weighted by molar-refractivity contribution is -0.111. The maximum atomic E-state index is 12.1. The minimum atomic E-state index is -0.299. The predicted molar refractivity (Wildman–Crippen MR) is 115 cm³/mol. The summed E-state index contributed by atoms with van der Waals surface area (Å²) in [4.78, 5) is 23.3. The van der Waals surface area contributed by atoms with Crippen LogP contribution in [0.15, 0.2) is 55.4 Å². The lowest BCUT2D eigenvalue weighted by Gasteiger charge is -2.21. The van der Waals surface area contributed by atoms with E-state index in [1.807, 2.05) is 18.2 Å². The van der Waals surface area contributed by atoms with Crippen LogP contribution in [-0.4, -0.2) is 41.7 Å². The van der Waals surface area contributed by atoms with Crippen molar-refractivity contribution in [2.45, 2.75) is 18.9 Å². The normalized spacial score (nSPS) is 17.7. The van der Waals surface area contributed by atoms with Gasteiger partial charge in [-0.3, -0.25) is 4.79 Å². The Hall–Kier alpha value is -3.45. The average Bonchev–Trinajstić information content (AvgIpc) is 3.43. The fraction of sp³-hybridized carbons (Fsp3) is 0.261. The van der Waals surface area contributed by atoms with Gasteiger partial charge in [-0.2, -0.15) is 0 Å². The van der Waals surface area contributed by atoms with Crippen molar-refractivity contribution >= 4 is 34.0 Å². The molecule has 3 heterocycles. The summed E-state index contributed by atoms with van der Waals surface area (Å²) >= 11 is 0. The summed E-state index contributed by atoms with van der Waals surface area (Å²) in [6.07, 6.45) is 4.54. The maximum Gasteiger partial charge on any atom is 0.247 e. The van der Waals surface area contributed by atoms with Crippen LogP contribution in [-0.2, 0) is 16.0 Å². The number of aromatic nitrogens is 2. The van der Waals surface area contributed by atoms with E-state index in [4.69, 9.17) is 9.47 Å². The van der Waals surface area contributed by atoms with Crippen LogP contribution in [0.1, 0.15) is 12.0 Å². The standard InChI is InChI=1S/C23H22N4O3/c1-2-22(28)26-19-11-17-18(12-21(19)30-16-8-10-29-13-16)24-14-25-23(17)27-9-7-15-5-3-4-6-20(15)27/h2-6,11-12,14,16H,1,7-10,13H2,(H,26,28)/t16-/m1/s1. The fourth-order valence-corrected chi connectivity index (χ4v) is 4.01. The number of fused-ring (bicyclic) bond motifs is 2. The highest BCUT2D eigenvalue weighted by atomic mass is 16.5. The number of ether oxygens (including phenoxy) is 2. The van der Waals surface area contributed by atoms with Crippen molar-refractivity contribution in [2.75, 3.05) is 30.0 Å². The quantitative estimate of drug-likeness (QED) is 0.657. The highest BCUT2D eigenvalue weighted by molar-refractivity contribution is 6.03. The van der Waals surface area contributed by atoms with Gasteiger partial charge in [0.15, 0.2) is 0 Å². The molecule has 1 fully saturated rings. The van der Waals surface area contributed by atoms with Crippen molar-refractivity contribution in [2.24, 2.45) is 0 Å². The van der Waals surface area contributed by atoms with Gasteiger partial charge in [-0.15, -0.1) is 0 Å². The van der Waals surface area contributed by atoms with Gasteiger partial charge in [-0.1, -0.05) is 24.8 Å². The first-order chi connectivity index (χ1) is 14.7. The Balaban J connectivity index is 1.60. The lowest BCUT2D eigenvalue weighted by atomic mass is 10.1. The Kier molecular flexibility index (Phi) is 4.80. The fourth-order valence-electron chi connectivity index (χ4n) is 4.01. The Labute approximate surface area is 174 Å². The molecule has 7 heteroatoms. The third kappa shape index (κ3) is 3.37. The van der Waals surface area contributed by atoms with E-state index < -0.39 is 0 Å². The third-order valence-corrected chi connectivity index (χ3v) is 5.48. The molecule has 152 valence electrons. The maximum absolute atomic E-state index is 12.1. The third-order valence-electron chi connectivity index (χ3n) is 5.48. The highest BCUT2D eigenvalue weighted by Gasteiger charge is 2.25. The molecule has 0 spiro atoms. The Morgan fingerprint density at radius 1 is 1.30 bits per heavy atom. The molecule has 1 atom stereocenters. The summed E-state index contributed by atoms with van der Waals surface area (Å²) in [6, 6.07) is 12.1. The van der Waals surface area contributed by atoms with E-state index >= 15 is 0 Å². The van der Waals surface area contributed by atoms with E-state index in [2.05, 4.69) is 45.0 Å². The van der Waals surface area contributed by atoms with Gasteiger partial charge in [-0.05, 0) is 30.2 Å². The van der Waals surface area contributed by atoms with E-state index in [9.17, 15) is 4.79 Å². The summed E-state index contributed by atoms with van der Waals surface area (Å²) < 4.78 is 11.6. The predicted octanol–water partition coefficient (Wildman–Crippen LogP) is 3.62. The molecule has 1 aromatic heterocycles. The van der Waals surface area contributed by atoms with E-state index in [-0.39, 0.29) is 12.0 Å². The molecule has 5 rings (SSSR count). The lowest BCUT2D eigenvalue weighted by Crippen LogP contribution is -2.18. The van der Waals surface area contributed by atoms with E-state index in [1.165, 1.54) is 11.6 Å². The number of carbonyl (C=O) groups excluding carboxylic acids is 1. The molecule has 0 radical (unpaired) electrons. The highest BCUT2D eigenvalue weighted by Crippen LogP contribution is 2.39. The number of anilines is 3. The van der Waals surface area contributed by atoms with Gasteiger partial charge in [0.25, 0.3) is 0 Å². The van der Waals surface area contributed by atoms with Crippen LogP contribution in [0.5, 0.6) is 5.75 Å². The van der Waals surface area contributed by atoms with E-state index in [1.54, 1.807) is 6.33 Å². The van der Waals surface area contributed by atoms with Crippen LogP contribution in [0.2, 0.25) is 0 Å². The van der Waals surface area contributed by atoms with Crippen LogP contribution in [0, 0.1) is 0 Å². The Morgan fingerprint density at radius 3 is 3.03 bits per heavy atom. The van der Waals surface area contributed by atoms with E-state index in [0.29, 0.717) is 24.7 Å². The van der Waals surface area contributed by atoms with Crippen LogP contribution in [0.4, 0.5) is 17.2 Å². The van der Waals surface area contributed by atoms with Gasteiger partial charge in [-0.25, -0.2) is 9.97 Å². The van der Waals surface area contributed by atoms with Crippen molar-refractivity contribution < 1.29 is 14.3 Å². The molecule has 0 saturated carbocycles. The molecule has 3 aromatic rings. The summed E-state index contributed by atoms with van der Waals surface area (Å²) in [5, 5.41) is 3.72. The number of rotatable bonds is 5. The van der Waals surface area contributed by atoms with Crippen LogP contribution < -0.4 is 15.0 Å².